The molecule has 1 aromatic carbocycles. The molecule has 3 aromatic heterocycles. The van der Waals surface area contributed by atoms with Crippen LogP contribution in [0, 0.1) is 5.92 Å². The molecular formula is C24H24N4O2S. The molecule has 1 unspecified atom stereocenters. The van der Waals surface area contributed by atoms with Gasteiger partial charge in [0.05, 0.1) is 11.1 Å². The lowest BCUT2D eigenvalue weighted by atomic mass is 9.85. The van der Waals surface area contributed by atoms with Gasteiger partial charge in [0.15, 0.2) is 5.65 Å². The van der Waals surface area contributed by atoms with Crippen molar-refractivity contribution in [1.29, 1.82) is 0 Å². The smallest absolute Gasteiger partial charge is 0.269 e. The number of aryl methyl sites for hydroxylation is 1. The van der Waals surface area contributed by atoms with Crippen molar-refractivity contribution in [3.63, 3.8) is 0 Å². The Labute approximate surface area is 181 Å². The summed E-state index contributed by atoms with van der Waals surface area (Å²) < 4.78 is 29.9. The van der Waals surface area contributed by atoms with Crippen molar-refractivity contribution in [3.05, 3.63) is 72.8 Å². The zero-order valence-corrected chi connectivity index (χ0v) is 18.4. The minimum Gasteiger partial charge on any atom is -0.275 e. The number of benzene rings is 1. The molecule has 7 heteroatoms. The molecule has 0 bridgehead atoms. The Morgan fingerprint density at radius 3 is 2.58 bits per heavy atom. The first-order valence-corrected chi connectivity index (χ1v) is 11.9. The number of allylic oxidation sites excluding steroid dienone is 2. The van der Waals surface area contributed by atoms with Crippen LogP contribution in [-0.2, 0) is 17.1 Å². The number of pyridine rings is 1. The van der Waals surface area contributed by atoms with E-state index in [0.717, 1.165) is 34.9 Å². The summed E-state index contributed by atoms with van der Waals surface area (Å²) in [5.74, 6) is 0.463. The first-order valence-electron chi connectivity index (χ1n) is 10.5. The summed E-state index contributed by atoms with van der Waals surface area (Å²) in [6.45, 7) is 2.24. The van der Waals surface area contributed by atoms with Gasteiger partial charge < -0.3 is 0 Å². The highest BCUT2D eigenvalue weighted by molar-refractivity contribution is 7.90. The number of hydrogen-bond acceptors (Lipinski definition) is 4. The molecule has 31 heavy (non-hydrogen) atoms. The van der Waals surface area contributed by atoms with Crippen LogP contribution in [-0.4, -0.2) is 27.2 Å². The number of aromatic nitrogens is 4. The fourth-order valence-electron chi connectivity index (χ4n) is 4.36. The van der Waals surface area contributed by atoms with E-state index in [9.17, 15) is 8.42 Å². The molecule has 1 atom stereocenters. The molecular weight excluding hydrogens is 408 g/mol. The van der Waals surface area contributed by atoms with E-state index in [1.807, 2.05) is 13.2 Å². The molecule has 6 nitrogen and oxygen atoms in total. The molecule has 4 aromatic rings. The molecule has 0 saturated heterocycles. The summed E-state index contributed by atoms with van der Waals surface area (Å²) in [7, 11) is -1.93. The third-order valence-corrected chi connectivity index (χ3v) is 7.66. The second-order valence-electron chi connectivity index (χ2n) is 8.15. The second-order valence-corrected chi connectivity index (χ2v) is 9.96. The van der Waals surface area contributed by atoms with Crippen LogP contribution < -0.4 is 0 Å². The Morgan fingerprint density at radius 2 is 1.87 bits per heavy atom. The zero-order valence-electron chi connectivity index (χ0n) is 17.6. The van der Waals surface area contributed by atoms with Crippen LogP contribution in [0.25, 0.3) is 27.7 Å². The standard InChI is InChI=1S/C24H24N4O2S/c1-17-8-6-7-11-21(17)18-12-22-23(19-14-26-27(2)15-19)16-28(24(22)25-13-18)31(29,30)20-9-4-3-5-10-20/h3-5,9-17H,6-8H2,1-2H3. The van der Waals surface area contributed by atoms with Gasteiger partial charge in [0.2, 0.25) is 0 Å². The lowest BCUT2D eigenvalue weighted by Gasteiger charge is -2.20. The third-order valence-electron chi connectivity index (χ3n) is 6.00. The van der Waals surface area contributed by atoms with E-state index in [-0.39, 0.29) is 4.90 Å². The van der Waals surface area contributed by atoms with E-state index in [4.69, 9.17) is 0 Å². The number of rotatable bonds is 4. The van der Waals surface area contributed by atoms with E-state index in [1.54, 1.807) is 53.6 Å². The predicted molar refractivity (Wildman–Crippen MR) is 122 cm³/mol. The van der Waals surface area contributed by atoms with E-state index in [2.05, 4.69) is 29.1 Å². The highest BCUT2D eigenvalue weighted by atomic mass is 32.2. The molecule has 3 heterocycles. The molecule has 1 aliphatic rings. The largest absolute Gasteiger partial charge is 0.275 e. The van der Waals surface area contributed by atoms with Crippen LogP contribution in [0.2, 0.25) is 0 Å². The zero-order chi connectivity index (χ0) is 21.6. The molecule has 0 saturated carbocycles. The summed E-state index contributed by atoms with van der Waals surface area (Å²) in [4.78, 5) is 4.89. The summed E-state index contributed by atoms with van der Waals surface area (Å²) in [6.07, 6.45) is 12.8. The monoisotopic (exact) mass is 432 g/mol. The molecule has 0 radical (unpaired) electrons. The van der Waals surface area contributed by atoms with Crippen LogP contribution in [0.4, 0.5) is 0 Å². The van der Waals surface area contributed by atoms with Crippen molar-refractivity contribution in [1.82, 2.24) is 18.7 Å². The van der Waals surface area contributed by atoms with E-state index in [0.29, 0.717) is 11.6 Å². The van der Waals surface area contributed by atoms with Crippen LogP contribution >= 0.6 is 0 Å². The quantitative estimate of drug-likeness (QED) is 0.461. The summed E-state index contributed by atoms with van der Waals surface area (Å²) in [5, 5.41) is 5.09. The van der Waals surface area contributed by atoms with Crippen LogP contribution in [0.1, 0.15) is 31.7 Å². The average molecular weight is 433 g/mol. The minimum atomic E-state index is -3.78. The highest BCUT2D eigenvalue weighted by Gasteiger charge is 2.24. The number of hydrogen-bond donors (Lipinski definition) is 0. The molecule has 0 spiro atoms. The van der Waals surface area contributed by atoms with Crippen LogP contribution in [0.3, 0.4) is 0 Å². The van der Waals surface area contributed by atoms with Gasteiger partial charge in [-0.1, -0.05) is 31.2 Å². The lowest BCUT2D eigenvalue weighted by Crippen LogP contribution is -2.12. The Morgan fingerprint density at radius 1 is 1.06 bits per heavy atom. The molecule has 0 amide bonds. The summed E-state index contributed by atoms with van der Waals surface area (Å²) in [6, 6.07) is 10.5. The molecule has 0 fully saturated rings. The van der Waals surface area contributed by atoms with Gasteiger partial charge in [0.25, 0.3) is 10.0 Å². The second kappa shape index (κ2) is 7.50. The van der Waals surface area contributed by atoms with Crippen molar-refractivity contribution >= 4 is 26.6 Å². The maximum atomic E-state index is 13.4. The molecule has 0 N–H and O–H groups in total. The van der Waals surface area contributed by atoms with Gasteiger partial charge in [-0.2, -0.15) is 5.10 Å². The number of nitrogens with zero attached hydrogens (tertiary/aromatic N) is 4. The van der Waals surface area contributed by atoms with Gasteiger partial charge >= 0.3 is 0 Å². The maximum Gasteiger partial charge on any atom is 0.269 e. The maximum absolute atomic E-state index is 13.4. The highest BCUT2D eigenvalue weighted by Crippen LogP contribution is 2.37. The normalized spacial score (nSPS) is 17.1. The van der Waals surface area contributed by atoms with Crippen molar-refractivity contribution < 1.29 is 8.42 Å². The Balaban J connectivity index is 1.76. The van der Waals surface area contributed by atoms with E-state index < -0.39 is 10.0 Å². The van der Waals surface area contributed by atoms with Crippen LogP contribution in [0.15, 0.2) is 72.2 Å². The van der Waals surface area contributed by atoms with Gasteiger partial charge in [0, 0.05) is 42.2 Å². The van der Waals surface area contributed by atoms with Crippen LogP contribution in [0.5, 0.6) is 0 Å². The van der Waals surface area contributed by atoms with Gasteiger partial charge in [-0.05, 0) is 54.5 Å². The average Bonchev–Trinajstić information content (AvgIpc) is 3.38. The Bertz CT molecular complexity index is 1400. The Kier molecular flexibility index (Phi) is 4.78. The molecule has 0 aliphatic heterocycles. The Hall–Kier alpha value is -3.19. The van der Waals surface area contributed by atoms with E-state index in [1.165, 1.54) is 16.0 Å². The summed E-state index contributed by atoms with van der Waals surface area (Å²) >= 11 is 0. The first kappa shape index (κ1) is 19.8. The fraction of sp³-hybridized carbons (Fsp3) is 0.250. The van der Waals surface area contributed by atoms with Crippen molar-refractivity contribution in [2.75, 3.05) is 0 Å². The molecule has 5 rings (SSSR count). The van der Waals surface area contributed by atoms with E-state index >= 15 is 0 Å². The fourth-order valence-corrected chi connectivity index (χ4v) is 5.70. The third kappa shape index (κ3) is 3.39. The molecule has 1 aliphatic carbocycles. The predicted octanol–water partition coefficient (Wildman–Crippen LogP) is 4.88. The van der Waals surface area contributed by atoms with Gasteiger partial charge in [-0.15, -0.1) is 0 Å². The SMILES string of the molecule is CC1CCCC=C1c1cnc2c(c1)c(-c1cnn(C)c1)cn2S(=O)(=O)c1ccccc1. The van der Waals surface area contributed by atoms with Gasteiger partial charge in [0.1, 0.15) is 0 Å². The summed E-state index contributed by atoms with van der Waals surface area (Å²) in [5.41, 5.74) is 4.44. The number of fused-ring (bicyclic) bond motifs is 1. The van der Waals surface area contributed by atoms with Crippen molar-refractivity contribution in [2.24, 2.45) is 13.0 Å². The van der Waals surface area contributed by atoms with Crippen molar-refractivity contribution in [3.8, 4) is 11.1 Å². The lowest BCUT2D eigenvalue weighted by molar-refractivity contribution is 0.588. The van der Waals surface area contributed by atoms with Crippen molar-refractivity contribution in [2.45, 2.75) is 31.1 Å². The minimum absolute atomic E-state index is 0.235. The first-order chi connectivity index (χ1) is 14.9. The van der Waals surface area contributed by atoms with Gasteiger partial charge in [-0.25, -0.2) is 17.4 Å². The van der Waals surface area contributed by atoms with Gasteiger partial charge in [-0.3, -0.25) is 4.68 Å². The topological polar surface area (TPSA) is 69.8 Å². The molecule has 158 valence electrons.